The van der Waals surface area contributed by atoms with Crippen LogP contribution in [0.25, 0.3) is 11.4 Å². The van der Waals surface area contributed by atoms with Crippen molar-refractivity contribution in [3.05, 3.63) is 41.7 Å². The van der Waals surface area contributed by atoms with Crippen molar-refractivity contribution in [1.82, 2.24) is 25.2 Å². The Bertz CT molecular complexity index is 930. The molecule has 10 heteroatoms. The van der Waals surface area contributed by atoms with Gasteiger partial charge < -0.3 is 14.8 Å². The number of nitrogens with one attached hydrogen (secondary N) is 1. The van der Waals surface area contributed by atoms with Gasteiger partial charge in [-0.1, -0.05) is 11.6 Å². The maximum absolute atomic E-state index is 12.1. The fraction of sp³-hybridized carbons (Fsp3) is 0.188. The van der Waals surface area contributed by atoms with Gasteiger partial charge in [-0.05, 0) is 35.5 Å². The number of amides is 1. The quantitative estimate of drug-likeness (QED) is 0.658. The molecule has 0 aliphatic rings. The number of anilines is 1. The van der Waals surface area contributed by atoms with Gasteiger partial charge in [0.15, 0.2) is 16.7 Å². The number of nitrogens with zero attached hydrogens (tertiary/aromatic N) is 5. The number of hydrogen-bond acceptors (Lipinski definition) is 7. The molecule has 26 heavy (non-hydrogen) atoms. The number of hydrogen-bond donors (Lipinski definition) is 1. The second kappa shape index (κ2) is 7.79. The number of carbonyl (C=O) groups is 1. The van der Waals surface area contributed by atoms with Gasteiger partial charge in [-0.25, -0.2) is 4.98 Å². The molecule has 9 nitrogen and oxygen atoms in total. The molecule has 0 unspecified atom stereocenters. The third-order valence-corrected chi connectivity index (χ3v) is 3.71. The molecule has 0 saturated heterocycles. The van der Waals surface area contributed by atoms with E-state index in [2.05, 4.69) is 25.7 Å². The van der Waals surface area contributed by atoms with Crippen molar-refractivity contribution in [1.29, 1.82) is 0 Å². The molecule has 2 heterocycles. The van der Waals surface area contributed by atoms with Crippen molar-refractivity contribution >= 4 is 23.2 Å². The van der Waals surface area contributed by atoms with Gasteiger partial charge in [0, 0.05) is 11.8 Å². The number of benzene rings is 1. The molecule has 2 aromatic heterocycles. The number of methoxy groups -OCH3 is 2. The largest absolute Gasteiger partial charge is 0.493 e. The average molecular weight is 375 g/mol. The summed E-state index contributed by atoms with van der Waals surface area (Å²) in [6.45, 7) is -0.120. The summed E-state index contributed by atoms with van der Waals surface area (Å²) in [7, 11) is 3.10. The molecule has 1 N–H and O–H groups in total. The molecule has 0 aliphatic carbocycles. The summed E-state index contributed by atoms with van der Waals surface area (Å²) in [5.41, 5.74) is 1.10. The number of aromatic nitrogens is 5. The highest BCUT2D eigenvalue weighted by molar-refractivity contribution is 6.32. The lowest BCUT2D eigenvalue weighted by molar-refractivity contribution is -0.117. The number of ether oxygens (including phenoxy) is 2. The lowest BCUT2D eigenvalue weighted by Gasteiger charge is -2.07. The van der Waals surface area contributed by atoms with Crippen molar-refractivity contribution in [3.63, 3.8) is 0 Å². The van der Waals surface area contributed by atoms with Crippen LogP contribution in [0.15, 0.2) is 36.5 Å². The molecule has 0 bridgehead atoms. The van der Waals surface area contributed by atoms with Crippen LogP contribution in [-0.4, -0.2) is 45.3 Å². The molecule has 0 radical (unpaired) electrons. The van der Waals surface area contributed by atoms with Crippen molar-refractivity contribution in [2.75, 3.05) is 19.5 Å². The zero-order valence-electron chi connectivity index (χ0n) is 14.0. The van der Waals surface area contributed by atoms with Gasteiger partial charge >= 0.3 is 0 Å². The molecule has 3 rings (SSSR count). The monoisotopic (exact) mass is 374 g/mol. The summed E-state index contributed by atoms with van der Waals surface area (Å²) in [6, 6.07) is 8.57. The SMILES string of the molecule is COc1ccc(-c2nnn(CC(=O)Nc3cccnc3Cl)n2)cc1OC. The summed E-state index contributed by atoms with van der Waals surface area (Å²) >= 11 is 5.91. The second-order valence-electron chi connectivity index (χ2n) is 5.10. The van der Waals surface area contributed by atoms with E-state index in [9.17, 15) is 4.79 Å². The van der Waals surface area contributed by atoms with E-state index in [0.717, 1.165) is 0 Å². The Labute approximate surface area is 153 Å². The van der Waals surface area contributed by atoms with Gasteiger partial charge in [-0.3, -0.25) is 4.79 Å². The minimum atomic E-state index is -0.351. The molecule has 1 aromatic carbocycles. The van der Waals surface area contributed by atoms with E-state index in [0.29, 0.717) is 28.6 Å². The van der Waals surface area contributed by atoms with E-state index in [1.807, 2.05) is 0 Å². The van der Waals surface area contributed by atoms with Crippen molar-refractivity contribution in [2.45, 2.75) is 6.54 Å². The summed E-state index contributed by atoms with van der Waals surface area (Å²) in [4.78, 5) is 17.2. The van der Waals surface area contributed by atoms with Gasteiger partial charge in [-0.2, -0.15) is 4.80 Å². The zero-order valence-corrected chi connectivity index (χ0v) is 14.8. The van der Waals surface area contributed by atoms with E-state index < -0.39 is 0 Å². The normalized spacial score (nSPS) is 10.4. The first-order valence-electron chi connectivity index (χ1n) is 7.51. The molecule has 0 spiro atoms. The third-order valence-electron chi connectivity index (χ3n) is 3.41. The van der Waals surface area contributed by atoms with Crippen LogP contribution >= 0.6 is 11.6 Å². The summed E-state index contributed by atoms with van der Waals surface area (Å²) < 4.78 is 10.5. The van der Waals surface area contributed by atoms with Crippen LogP contribution in [0.5, 0.6) is 11.5 Å². The van der Waals surface area contributed by atoms with Crippen LogP contribution < -0.4 is 14.8 Å². The van der Waals surface area contributed by atoms with Crippen LogP contribution in [0, 0.1) is 0 Å². The molecule has 0 fully saturated rings. The first-order chi connectivity index (χ1) is 12.6. The molecule has 134 valence electrons. The lowest BCUT2D eigenvalue weighted by Crippen LogP contribution is -2.20. The Balaban J connectivity index is 1.72. The molecular formula is C16H15ClN6O3. The van der Waals surface area contributed by atoms with E-state index >= 15 is 0 Å². The standard InChI is InChI=1S/C16H15ClN6O3/c1-25-12-6-5-10(8-13(12)26-2)16-20-22-23(21-16)9-14(24)19-11-4-3-7-18-15(11)17/h3-8H,9H2,1-2H3,(H,19,24). The predicted molar refractivity (Wildman–Crippen MR) is 94.2 cm³/mol. The smallest absolute Gasteiger partial charge is 0.248 e. The molecule has 3 aromatic rings. The topological polar surface area (TPSA) is 104 Å². The Morgan fingerprint density at radius 1 is 1.23 bits per heavy atom. The van der Waals surface area contributed by atoms with E-state index in [-0.39, 0.29) is 17.6 Å². The minimum absolute atomic E-state index is 0.120. The van der Waals surface area contributed by atoms with Crippen LogP contribution in [-0.2, 0) is 11.3 Å². The highest BCUT2D eigenvalue weighted by Gasteiger charge is 2.13. The predicted octanol–water partition coefficient (Wildman–Crippen LogP) is 2.04. The third kappa shape index (κ3) is 3.89. The highest BCUT2D eigenvalue weighted by Crippen LogP contribution is 2.30. The number of tetrazole rings is 1. The molecular weight excluding hydrogens is 360 g/mol. The molecule has 0 saturated carbocycles. The molecule has 0 atom stereocenters. The van der Waals surface area contributed by atoms with Crippen LogP contribution in [0.3, 0.4) is 0 Å². The van der Waals surface area contributed by atoms with Gasteiger partial charge in [0.05, 0.1) is 19.9 Å². The van der Waals surface area contributed by atoms with Crippen LogP contribution in [0.1, 0.15) is 0 Å². The van der Waals surface area contributed by atoms with Gasteiger partial charge in [0.25, 0.3) is 0 Å². The van der Waals surface area contributed by atoms with Crippen molar-refractivity contribution < 1.29 is 14.3 Å². The summed E-state index contributed by atoms with van der Waals surface area (Å²) in [6.07, 6.45) is 1.53. The van der Waals surface area contributed by atoms with Crippen molar-refractivity contribution in [2.24, 2.45) is 0 Å². The van der Waals surface area contributed by atoms with Gasteiger partial charge in [0.1, 0.15) is 6.54 Å². The summed E-state index contributed by atoms with van der Waals surface area (Å²) in [5.74, 6) is 1.15. The summed E-state index contributed by atoms with van der Waals surface area (Å²) in [5, 5.41) is 14.9. The Morgan fingerprint density at radius 3 is 2.77 bits per heavy atom. The number of pyridine rings is 1. The lowest BCUT2D eigenvalue weighted by atomic mass is 10.2. The van der Waals surface area contributed by atoms with Crippen LogP contribution in [0.4, 0.5) is 5.69 Å². The van der Waals surface area contributed by atoms with E-state index in [4.69, 9.17) is 21.1 Å². The molecule has 1 amide bonds. The van der Waals surface area contributed by atoms with Gasteiger partial charge in [-0.15, -0.1) is 10.2 Å². The number of halogens is 1. The van der Waals surface area contributed by atoms with E-state index in [1.54, 1.807) is 44.6 Å². The number of rotatable bonds is 6. The molecule has 0 aliphatic heterocycles. The average Bonchev–Trinajstić information content (AvgIpc) is 3.11. The maximum atomic E-state index is 12.1. The first-order valence-corrected chi connectivity index (χ1v) is 7.89. The number of carbonyl (C=O) groups excluding carboxylic acids is 1. The van der Waals surface area contributed by atoms with Crippen LogP contribution in [0.2, 0.25) is 5.15 Å². The first kappa shape index (κ1) is 17.6. The maximum Gasteiger partial charge on any atom is 0.248 e. The fourth-order valence-corrected chi connectivity index (χ4v) is 2.37. The van der Waals surface area contributed by atoms with Gasteiger partial charge in [0.2, 0.25) is 11.7 Å². The Morgan fingerprint density at radius 2 is 2.04 bits per heavy atom. The highest BCUT2D eigenvalue weighted by atomic mass is 35.5. The van der Waals surface area contributed by atoms with E-state index in [1.165, 1.54) is 11.0 Å². The minimum Gasteiger partial charge on any atom is -0.493 e. The second-order valence-corrected chi connectivity index (χ2v) is 5.46. The fourth-order valence-electron chi connectivity index (χ4n) is 2.20. The Hall–Kier alpha value is -3.20. The van der Waals surface area contributed by atoms with Crippen molar-refractivity contribution in [3.8, 4) is 22.9 Å². The zero-order chi connectivity index (χ0) is 18.5. The Kier molecular flexibility index (Phi) is 5.28.